The molecule has 0 fully saturated rings. The molecule has 17 heavy (non-hydrogen) atoms. The molecule has 0 nitrogen and oxygen atoms in total. The molecule has 0 saturated carbocycles. The largest absolute Gasteiger partial charge is 0.0883 e. The highest BCUT2D eigenvalue weighted by Gasteiger charge is 2.27. The Hall–Kier alpha value is -1.04. The van der Waals surface area contributed by atoms with Gasteiger partial charge in [-0.05, 0) is 49.0 Å². The minimum atomic E-state index is 0.341. The molecule has 1 aromatic rings. The van der Waals surface area contributed by atoms with Gasteiger partial charge in [-0.25, -0.2) is 0 Å². The van der Waals surface area contributed by atoms with Gasteiger partial charge in [0.1, 0.15) is 0 Å². The van der Waals surface area contributed by atoms with E-state index in [4.69, 9.17) is 0 Å². The van der Waals surface area contributed by atoms with Crippen LogP contribution < -0.4 is 0 Å². The first-order valence-corrected chi connectivity index (χ1v) is 6.97. The summed E-state index contributed by atoms with van der Waals surface area (Å²) < 4.78 is 0. The lowest BCUT2D eigenvalue weighted by molar-refractivity contribution is 0.342. The van der Waals surface area contributed by atoms with Crippen molar-refractivity contribution in [1.82, 2.24) is 0 Å². The van der Waals surface area contributed by atoms with Gasteiger partial charge in [0.05, 0.1) is 0 Å². The first kappa shape index (κ1) is 12.4. The monoisotopic (exact) mass is 228 g/mol. The number of rotatable bonds is 4. The van der Waals surface area contributed by atoms with Crippen LogP contribution in [0.3, 0.4) is 0 Å². The third-order valence-electron chi connectivity index (χ3n) is 4.32. The van der Waals surface area contributed by atoms with Crippen molar-refractivity contribution in [3.05, 3.63) is 48.0 Å². The van der Waals surface area contributed by atoms with E-state index in [1.54, 1.807) is 0 Å². The fourth-order valence-corrected chi connectivity index (χ4v) is 2.94. The van der Waals surface area contributed by atoms with E-state index in [2.05, 4.69) is 56.3 Å². The molecule has 0 aromatic heterocycles. The molecule has 0 radical (unpaired) electrons. The number of hydrogen-bond donors (Lipinski definition) is 0. The fourth-order valence-electron chi connectivity index (χ4n) is 2.94. The van der Waals surface area contributed by atoms with E-state index in [1.165, 1.54) is 37.7 Å². The molecular weight excluding hydrogens is 204 g/mol. The predicted octanol–water partition coefficient (Wildman–Crippen LogP) is 5.10. The van der Waals surface area contributed by atoms with Crippen molar-refractivity contribution >= 4 is 0 Å². The molecule has 0 bridgehead atoms. The lowest BCUT2D eigenvalue weighted by atomic mass is 9.72. The Kier molecular flexibility index (Phi) is 4.04. The van der Waals surface area contributed by atoms with Crippen LogP contribution in [-0.4, -0.2) is 0 Å². The van der Waals surface area contributed by atoms with Gasteiger partial charge in [-0.3, -0.25) is 0 Å². The lowest BCUT2D eigenvalue weighted by Gasteiger charge is -2.33. The van der Waals surface area contributed by atoms with Gasteiger partial charge in [-0.15, -0.1) is 0 Å². The molecule has 0 N–H and O–H groups in total. The van der Waals surface area contributed by atoms with Gasteiger partial charge in [0.2, 0.25) is 0 Å². The topological polar surface area (TPSA) is 0 Å². The van der Waals surface area contributed by atoms with E-state index in [-0.39, 0.29) is 0 Å². The summed E-state index contributed by atoms with van der Waals surface area (Å²) in [5.74, 6) is 0.786. The van der Waals surface area contributed by atoms with E-state index in [9.17, 15) is 0 Å². The van der Waals surface area contributed by atoms with Crippen LogP contribution in [-0.2, 0) is 5.41 Å². The fraction of sp³-hybridized carbons (Fsp3) is 0.529. The van der Waals surface area contributed by atoms with E-state index in [0.29, 0.717) is 5.41 Å². The zero-order chi connectivity index (χ0) is 12.1. The van der Waals surface area contributed by atoms with Gasteiger partial charge in [0.25, 0.3) is 0 Å². The van der Waals surface area contributed by atoms with Crippen LogP contribution >= 0.6 is 0 Å². The van der Waals surface area contributed by atoms with Crippen molar-refractivity contribution in [2.45, 2.75) is 51.4 Å². The average molecular weight is 228 g/mol. The summed E-state index contributed by atoms with van der Waals surface area (Å²) in [5, 5.41) is 0. The molecule has 1 aliphatic rings. The normalized spacial score (nSPS) is 23.3. The average Bonchev–Trinajstić information content (AvgIpc) is 2.41. The second kappa shape index (κ2) is 5.53. The number of hydrogen-bond acceptors (Lipinski definition) is 0. The Morgan fingerprint density at radius 3 is 2.59 bits per heavy atom. The molecule has 2 atom stereocenters. The van der Waals surface area contributed by atoms with E-state index < -0.39 is 0 Å². The summed E-state index contributed by atoms with van der Waals surface area (Å²) in [7, 11) is 0. The van der Waals surface area contributed by atoms with Crippen LogP contribution in [0.5, 0.6) is 0 Å². The van der Waals surface area contributed by atoms with Gasteiger partial charge in [-0.2, -0.15) is 0 Å². The maximum absolute atomic E-state index is 2.44. The Labute approximate surface area is 106 Å². The zero-order valence-corrected chi connectivity index (χ0v) is 11.2. The number of benzene rings is 1. The first-order chi connectivity index (χ1) is 8.24. The smallest absolute Gasteiger partial charge is 0.00723 e. The van der Waals surface area contributed by atoms with Crippen molar-refractivity contribution in [2.24, 2.45) is 5.92 Å². The Morgan fingerprint density at radius 1 is 1.24 bits per heavy atom. The molecular formula is C17H24. The minimum Gasteiger partial charge on any atom is -0.0883 e. The Balaban J connectivity index is 2.14. The molecule has 0 saturated heterocycles. The second-order valence-electron chi connectivity index (χ2n) is 5.60. The van der Waals surface area contributed by atoms with Crippen LogP contribution in [0.1, 0.15) is 51.5 Å². The zero-order valence-electron chi connectivity index (χ0n) is 11.2. The van der Waals surface area contributed by atoms with Crippen LogP contribution in [0.2, 0.25) is 0 Å². The molecule has 0 aliphatic heterocycles. The molecule has 2 rings (SSSR count). The molecule has 2 unspecified atom stereocenters. The quantitative estimate of drug-likeness (QED) is 0.629. The van der Waals surface area contributed by atoms with Gasteiger partial charge in [0, 0.05) is 0 Å². The summed E-state index contributed by atoms with van der Waals surface area (Å²) >= 11 is 0. The van der Waals surface area contributed by atoms with E-state index >= 15 is 0 Å². The number of allylic oxidation sites excluding steroid dienone is 2. The summed E-state index contributed by atoms with van der Waals surface area (Å²) in [6.07, 6.45) is 11.4. The van der Waals surface area contributed by atoms with E-state index in [0.717, 1.165) is 5.92 Å². The highest BCUT2D eigenvalue weighted by molar-refractivity contribution is 5.24. The van der Waals surface area contributed by atoms with Crippen LogP contribution in [0.15, 0.2) is 42.5 Å². The van der Waals surface area contributed by atoms with Crippen LogP contribution in [0.25, 0.3) is 0 Å². The van der Waals surface area contributed by atoms with Crippen LogP contribution in [0.4, 0.5) is 0 Å². The molecule has 0 amide bonds. The van der Waals surface area contributed by atoms with Crippen LogP contribution in [0, 0.1) is 5.92 Å². The summed E-state index contributed by atoms with van der Waals surface area (Å²) in [4.78, 5) is 0. The first-order valence-electron chi connectivity index (χ1n) is 6.97. The van der Waals surface area contributed by atoms with Crippen molar-refractivity contribution in [1.29, 1.82) is 0 Å². The standard InChI is InChI=1S/C17H24/c1-3-17(2,16-12-8-5-9-13-16)14-15-10-6-4-7-11-15/h5-6,8-10,12-13,15H,3-4,7,11,14H2,1-2H3. The van der Waals surface area contributed by atoms with Gasteiger partial charge in [0.15, 0.2) is 0 Å². The highest BCUT2D eigenvalue weighted by Crippen LogP contribution is 2.37. The van der Waals surface area contributed by atoms with Crippen molar-refractivity contribution in [3.63, 3.8) is 0 Å². The van der Waals surface area contributed by atoms with Gasteiger partial charge >= 0.3 is 0 Å². The second-order valence-corrected chi connectivity index (χ2v) is 5.60. The lowest BCUT2D eigenvalue weighted by Crippen LogP contribution is -2.24. The maximum Gasteiger partial charge on any atom is -0.00723 e. The highest BCUT2D eigenvalue weighted by atomic mass is 14.3. The summed E-state index contributed by atoms with van der Waals surface area (Å²) in [5.41, 5.74) is 1.84. The summed E-state index contributed by atoms with van der Waals surface area (Å²) in [6, 6.07) is 11.0. The third-order valence-corrected chi connectivity index (χ3v) is 4.32. The maximum atomic E-state index is 2.44. The molecule has 0 spiro atoms. The van der Waals surface area contributed by atoms with Crippen molar-refractivity contribution in [3.8, 4) is 0 Å². The molecule has 1 aromatic carbocycles. The minimum absolute atomic E-state index is 0.341. The Morgan fingerprint density at radius 2 is 2.00 bits per heavy atom. The van der Waals surface area contributed by atoms with Gasteiger partial charge in [-0.1, -0.05) is 56.3 Å². The molecule has 0 heteroatoms. The van der Waals surface area contributed by atoms with E-state index in [1.807, 2.05) is 0 Å². The summed E-state index contributed by atoms with van der Waals surface area (Å²) in [6.45, 7) is 4.74. The predicted molar refractivity (Wildman–Crippen MR) is 75.2 cm³/mol. The van der Waals surface area contributed by atoms with Crippen molar-refractivity contribution < 1.29 is 0 Å². The SMILES string of the molecule is CCC(C)(CC1C=CCCC1)c1ccccc1. The molecule has 1 aliphatic carbocycles. The Bertz CT molecular complexity index is 363. The van der Waals surface area contributed by atoms with Crippen molar-refractivity contribution in [2.75, 3.05) is 0 Å². The third kappa shape index (κ3) is 3.00. The van der Waals surface area contributed by atoms with Gasteiger partial charge < -0.3 is 0 Å². The molecule has 0 heterocycles. The molecule has 92 valence electrons.